The lowest BCUT2D eigenvalue weighted by Gasteiger charge is -2.56. The molecule has 3 aliphatic heterocycles. The fourth-order valence-corrected chi connectivity index (χ4v) is 8.62. The van der Waals surface area contributed by atoms with Crippen LogP contribution in [0.4, 0.5) is 0 Å². The van der Waals surface area contributed by atoms with Crippen molar-refractivity contribution >= 4 is 5.91 Å². The van der Waals surface area contributed by atoms with E-state index in [1.165, 1.54) is 48.9 Å². The second kappa shape index (κ2) is 8.57. The molecule has 8 rings (SSSR count). The number of carbonyl (C=O) groups excluding carboxylic acids is 1. The Morgan fingerprint density at radius 2 is 1.92 bits per heavy atom. The lowest BCUT2D eigenvalue weighted by molar-refractivity contribution is -0.0477. The molecule has 37 heavy (non-hydrogen) atoms. The average molecular weight is 499 g/mol. The molecule has 3 aliphatic carbocycles. The summed E-state index contributed by atoms with van der Waals surface area (Å²) in [6.45, 7) is 4.66. The van der Waals surface area contributed by atoms with Crippen molar-refractivity contribution in [3.05, 3.63) is 64.2 Å². The van der Waals surface area contributed by atoms with Crippen LogP contribution >= 0.6 is 0 Å². The molecule has 2 aromatic carbocycles. The number of hydrogen-bond acceptors (Lipinski definition) is 4. The van der Waals surface area contributed by atoms with E-state index in [1.54, 1.807) is 0 Å². The van der Waals surface area contributed by atoms with E-state index in [4.69, 9.17) is 9.47 Å². The molecule has 2 saturated carbocycles. The first-order valence-electron chi connectivity index (χ1n) is 14.7. The summed E-state index contributed by atoms with van der Waals surface area (Å²) in [6, 6.07) is 14.3. The molecule has 194 valence electrons. The van der Waals surface area contributed by atoms with Gasteiger partial charge in [0, 0.05) is 43.9 Å². The van der Waals surface area contributed by atoms with Crippen molar-refractivity contribution in [3.8, 4) is 5.75 Å². The Balaban J connectivity index is 0.924. The Bertz CT molecular complexity index is 1230. The smallest absolute Gasteiger partial charge is 0.254 e. The molecule has 2 saturated heterocycles. The number of rotatable bonds is 6. The van der Waals surface area contributed by atoms with Crippen molar-refractivity contribution in [2.75, 3.05) is 26.3 Å². The maximum absolute atomic E-state index is 13.5. The molecular formula is C32H38N2O3. The summed E-state index contributed by atoms with van der Waals surface area (Å²) in [5.74, 6) is 2.02. The van der Waals surface area contributed by atoms with Crippen molar-refractivity contribution in [1.29, 1.82) is 0 Å². The Morgan fingerprint density at radius 3 is 2.70 bits per heavy atom. The maximum Gasteiger partial charge on any atom is 0.254 e. The van der Waals surface area contributed by atoms with Crippen LogP contribution in [-0.4, -0.2) is 60.2 Å². The van der Waals surface area contributed by atoms with Crippen LogP contribution in [0.5, 0.6) is 5.75 Å². The monoisotopic (exact) mass is 498 g/mol. The lowest BCUT2D eigenvalue weighted by Crippen LogP contribution is -2.53. The van der Waals surface area contributed by atoms with Gasteiger partial charge in [0.1, 0.15) is 12.4 Å². The highest BCUT2D eigenvalue weighted by molar-refractivity contribution is 5.97. The zero-order valence-electron chi connectivity index (χ0n) is 21.8. The van der Waals surface area contributed by atoms with Crippen LogP contribution in [0.1, 0.15) is 71.1 Å². The number of nitrogens with zero attached hydrogens (tertiary/aromatic N) is 2. The second-order valence-electron chi connectivity index (χ2n) is 12.6. The Kier molecular flexibility index (Phi) is 5.24. The van der Waals surface area contributed by atoms with E-state index >= 15 is 0 Å². The van der Waals surface area contributed by atoms with Crippen LogP contribution in [0.3, 0.4) is 0 Å². The zero-order valence-corrected chi connectivity index (χ0v) is 21.8. The van der Waals surface area contributed by atoms with Crippen LogP contribution in [0.15, 0.2) is 36.4 Å². The van der Waals surface area contributed by atoms with Gasteiger partial charge in [-0.3, -0.25) is 9.69 Å². The normalized spacial score (nSPS) is 33.8. The van der Waals surface area contributed by atoms with E-state index < -0.39 is 0 Å². The molecule has 0 N–H and O–H groups in total. The van der Waals surface area contributed by atoms with Gasteiger partial charge < -0.3 is 14.4 Å². The first-order valence-corrected chi connectivity index (χ1v) is 14.7. The molecule has 3 heterocycles. The fraction of sp³-hybridized carbons (Fsp3) is 0.594. The summed E-state index contributed by atoms with van der Waals surface area (Å²) in [5, 5.41) is 0. The first kappa shape index (κ1) is 22.6. The predicted molar refractivity (Wildman–Crippen MR) is 142 cm³/mol. The number of ether oxygens (including phenoxy) is 2. The second-order valence-corrected chi connectivity index (χ2v) is 12.6. The maximum atomic E-state index is 13.5. The summed E-state index contributed by atoms with van der Waals surface area (Å²) >= 11 is 0. The predicted octanol–water partition coefficient (Wildman–Crippen LogP) is 4.78. The van der Waals surface area contributed by atoms with Crippen molar-refractivity contribution in [1.82, 2.24) is 9.80 Å². The van der Waals surface area contributed by atoms with Gasteiger partial charge in [-0.25, -0.2) is 0 Å². The van der Waals surface area contributed by atoms with Crippen LogP contribution in [0, 0.1) is 11.3 Å². The standard InChI is InChI=1S/C32H38N2O3/c35-31-29-6-5-27(37-20-28-2-1-13-36-28)17-23(29)9-12-34(31)26-15-22-4-3-21(14-24(22)16-26)18-33-19-25-7-10-32(25)11-8-30(32)33/h3-6,14,17,25-26,28,30H,1-2,7-13,15-16,18-20H2/t25?,26-,28+,30?,32?/m1/s1. The third-order valence-electron chi connectivity index (χ3n) is 10.9. The van der Waals surface area contributed by atoms with E-state index in [0.717, 1.165) is 80.6 Å². The molecule has 5 heteroatoms. The van der Waals surface area contributed by atoms with Crippen molar-refractivity contribution in [3.63, 3.8) is 0 Å². The fourth-order valence-electron chi connectivity index (χ4n) is 8.62. The third kappa shape index (κ3) is 3.60. The lowest BCUT2D eigenvalue weighted by atomic mass is 9.50. The third-order valence-corrected chi connectivity index (χ3v) is 10.9. The molecule has 2 aromatic rings. The zero-order chi connectivity index (χ0) is 24.6. The number of carbonyl (C=O) groups is 1. The number of amides is 1. The van der Waals surface area contributed by atoms with E-state index in [1.807, 2.05) is 12.1 Å². The van der Waals surface area contributed by atoms with Gasteiger partial charge in [0.25, 0.3) is 5.91 Å². The summed E-state index contributed by atoms with van der Waals surface area (Å²) in [7, 11) is 0. The molecule has 1 spiro atoms. The molecule has 0 bridgehead atoms. The first-order chi connectivity index (χ1) is 18.2. The molecule has 4 fully saturated rings. The van der Waals surface area contributed by atoms with Crippen molar-refractivity contribution in [2.45, 2.75) is 82.5 Å². The number of likely N-dealkylation sites (tertiary alicyclic amines) is 1. The van der Waals surface area contributed by atoms with Crippen LogP contribution in [0.25, 0.3) is 0 Å². The molecule has 1 amide bonds. The average Bonchev–Trinajstić information content (AvgIpc) is 3.57. The van der Waals surface area contributed by atoms with Crippen molar-refractivity contribution < 1.29 is 14.3 Å². The van der Waals surface area contributed by atoms with Gasteiger partial charge in [-0.15, -0.1) is 0 Å². The van der Waals surface area contributed by atoms with Gasteiger partial charge in [-0.05, 0) is 110 Å². The summed E-state index contributed by atoms with van der Waals surface area (Å²) in [5.41, 5.74) is 7.05. The van der Waals surface area contributed by atoms with Gasteiger partial charge in [-0.1, -0.05) is 18.2 Å². The molecule has 5 nitrogen and oxygen atoms in total. The quantitative estimate of drug-likeness (QED) is 0.575. The highest BCUT2D eigenvalue weighted by Crippen LogP contribution is 2.65. The van der Waals surface area contributed by atoms with Gasteiger partial charge in [0.05, 0.1) is 6.10 Å². The van der Waals surface area contributed by atoms with Crippen LogP contribution in [0.2, 0.25) is 0 Å². The molecule has 5 atom stereocenters. The summed E-state index contributed by atoms with van der Waals surface area (Å²) < 4.78 is 11.7. The summed E-state index contributed by atoms with van der Waals surface area (Å²) in [4.78, 5) is 18.5. The summed E-state index contributed by atoms with van der Waals surface area (Å²) in [6.07, 6.45) is 11.1. The minimum absolute atomic E-state index is 0.188. The number of hydrogen-bond donors (Lipinski definition) is 0. The van der Waals surface area contributed by atoms with Crippen LogP contribution < -0.4 is 4.74 Å². The molecule has 0 radical (unpaired) electrons. The van der Waals surface area contributed by atoms with E-state index in [0.29, 0.717) is 12.0 Å². The van der Waals surface area contributed by atoms with Gasteiger partial charge >= 0.3 is 0 Å². The highest BCUT2D eigenvalue weighted by atomic mass is 16.5. The molecule has 6 aliphatic rings. The molecule has 0 aromatic heterocycles. The Labute approximate surface area is 220 Å². The Hall–Kier alpha value is -2.37. The molecule has 3 unspecified atom stereocenters. The van der Waals surface area contributed by atoms with Crippen molar-refractivity contribution in [2.24, 2.45) is 11.3 Å². The number of benzene rings is 2. The SMILES string of the molecule is O=C1c2ccc(OC[C@@H]3CCCO3)cc2CCN1[C@@H]1Cc2ccc(CN3CC4CCC45CCC35)cc2C1. The number of fused-ring (bicyclic) bond motifs is 2. The van der Waals surface area contributed by atoms with Gasteiger partial charge in [0.2, 0.25) is 0 Å². The van der Waals surface area contributed by atoms with Crippen LogP contribution in [-0.2, 0) is 30.5 Å². The van der Waals surface area contributed by atoms with Gasteiger partial charge in [0.15, 0.2) is 0 Å². The highest BCUT2D eigenvalue weighted by Gasteiger charge is 2.63. The molecular weight excluding hydrogens is 460 g/mol. The van der Waals surface area contributed by atoms with E-state index in [-0.39, 0.29) is 18.1 Å². The minimum atomic E-state index is 0.188. The largest absolute Gasteiger partial charge is 0.491 e. The van der Waals surface area contributed by atoms with E-state index in [9.17, 15) is 4.79 Å². The minimum Gasteiger partial charge on any atom is -0.491 e. The Morgan fingerprint density at radius 1 is 1.00 bits per heavy atom. The van der Waals surface area contributed by atoms with Gasteiger partial charge in [-0.2, -0.15) is 0 Å². The topological polar surface area (TPSA) is 42.0 Å². The van der Waals surface area contributed by atoms with E-state index in [2.05, 4.69) is 34.1 Å².